The summed E-state index contributed by atoms with van der Waals surface area (Å²) in [6.07, 6.45) is 0. The Kier molecular flexibility index (Phi) is 3.54. The van der Waals surface area contributed by atoms with Crippen molar-refractivity contribution in [2.24, 2.45) is 5.84 Å². The van der Waals surface area contributed by atoms with Crippen LogP contribution in [0.1, 0.15) is 26.3 Å². The highest BCUT2D eigenvalue weighted by Crippen LogP contribution is 2.35. The Hall–Kier alpha value is -0.840. The second-order valence-corrected chi connectivity index (χ2v) is 6.47. The number of pyridine rings is 1. The molecule has 0 radical (unpaired) electrons. The van der Waals surface area contributed by atoms with E-state index < -0.39 is 0 Å². The van der Waals surface area contributed by atoms with E-state index in [4.69, 9.17) is 17.4 Å². The van der Waals surface area contributed by atoms with Crippen LogP contribution in [0, 0.1) is 0 Å². The van der Waals surface area contributed by atoms with Gasteiger partial charge in [0.1, 0.15) is 5.82 Å². The molecule has 1 aromatic carbocycles. The topological polar surface area (TPSA) is 50.9 Å². The van der Waals surface area contributed by atoms with Gasteiger partial charge in [-0.25, -0.2) is 10.8 Å². The van der Waals surface area contributed by atoms with Crippen molar-refractivity contribution in [3.8, 4) is 0 Å². The van der Waals surface area contributed by atoms with Crippen LogP contribution >= 0.6 is 27.5 Å². The van der Waals surface area contributed by atoms with E-state index in [-0.39, 0.29) is 5.41 Å². The lowest BCUT2D eigenvalue weighted by molar-refractivity contribution is 0.590. The number of anilines is 1. The minimum absolute atomic E-state index is 0.0509. The molecule has 0 aliphatic carbocycles. The molecule has 0 amide bonds. The standard InChI is InChI=1S/C13H15BrClN3/c1-13(2,3)8-6-7-9(14)4-5-10(15)11(7)17-12(8)18-16/h4-6H,16H2,1-3H3,(H,17,18). The zero-order valence-corrected chi connectivity index (χ0v) is 12.9. The number of nitrogens with one attached hydrogen (secondary N) is 1. The van der Waals surface area contributed by atoms with Crippen LogP contribution in [0.3, 0.4) is 0 Å². The molecule has 18 heavy (non-hydrogen) atoms. The van der Waals surface area contributed by atoms with Gasteiger partial charge in [0.15, 0.2) is 0 Å². The molecule has 2 aromatic rings. The van der Waals surface area contributed by atoms with Gasteiger partial charge in [0.25, 0.3) is 0 Å². The molecule has 0 spiro atoms. The third kappa shape index (κ3) is 2.32. The quantitative estimate of drug-likeness (QED) is 0.608. The van der Waals surface area contributed by atoms with Crippen LogP contribution < -0.4 is 11.3 Å². The normalized spacial score (nSPS) is 11.9. The zero-order valence-electron chi connectivity index (χ0n) is 10.5. The molecular formula is C13H15BrClN3. The van der Waals surface area contributed by atoms with E-state index in [2.05, 4.69) is 53.2 Å². The van der Waals surface area contributed by atoms with Gasteiger partial charge in [-0.15, -0.1) is 0 Å². The van der Waals surface area contributed by atoms with Gasteiger partial charge in [0, 0.05) is 15.4 Å². The molecule has 0 fully saturated rings. The average molecular weight is 329 g/mol. The van der Waals surface area contributed by atoms with Crippen LogP contribution in [-0.4, -0.2) is 4.98 Å². The first-order valence-corrected chi connectivity index (χ1v) is 6.77. The molecule has 96 valence electrons. The molecule has 3 nitrogen and oxygen atoms in total. The number of nitrogen functional groups attached to an aromatic ring is 1. The third-order valence-corrected chi connectivity index (χ3v) is 3.82. The van der Waals surface area contributed by atoms with Crippen molar-refractivity contribution in [2.75, 3.05) is 5.43 Å². The van der Waals surface area contributed by atoms with Crippen molar-refractivity contribution in [3.63, 3.8) is 0 Å². The number of hydrazine groups is 1. The van der Waals surface area contributed by atoms with Gasteiger partial charge < -0.3 is 5.43 Å². The number of rotatable bonds is 1. The third-order valence-electron chi connectivity index (χ3n) is 2.83. The molecule has 0 saturated heterocycles. The van der Waals surface area contributed by atoms with E-state index in [1.807, 2.05) is 12.1 Å². The summed E-state index contributed by atoms with van der Waals surface area (Å²) >= 11 is 9.70. The largest absolute Gasteiger partial charge is 0.308 e. The van der Waals surface area contributed by atoms with E-state index in [0.29, 0.717) is 10.8 Å². The number of benzene rings is 1. The minimum Gasteiger partial charge on any atom is -0.308 e. The number of aromatic nitrogens is 1. The fourth-order valence-electron chi connectivity index (χ4n) is 1.87. The molecule has 0 atom stereocenters. The monoisotopic (exact) mass is 327 g/mol. The predicted octanol–water partition coefficient (Wildman–Crippen LogP) is 4.23. The van der Waals surface area contributed by atoms with Gasteiger partial charge >= 0.3 is 0 Å². The maximum Gasteiger partial charge on any atom is 0.144 e. The van der Waals surface area contributed by atoms with Gasteiger partial charge in [0.05, 0.1) is 10.5 Å². The Morgan fingerprint density at radius 1 is 1.33 bits per heavy atom. The van der Waals surface area contributed by atoms with Crippen molar-refractivity contribution in [3.05, 3.63) is 33.3 Å². The number of nitrogens with two attached hydrogens (primary N) is 1. The van der Waals surface area contributed by atoms with Gasteiger partial charge in [-0.1, -0.05) is 48.3 Å². The van der Waals surface area contributed by atoms with E-state index in [1.165, 1.54) is 0 Å². The maximum atomic E-state index is 6.17. The number of hydrogen-bond acceptors (Lipinski definition) is 3. The SMILES string of the molecule is CC(C)(C)c1cc2c(Br)ccc(Cl)c2nc1NN. The van der Waals surface area contributed by atoms with Crippen LogP contribution in [0.25, 0.3) is 10.9 Å². The smallest absolute Gasteiger partial charge is 0.144 e. The fourth-order valence-corrected chi connectivity index (χ4v) is 2.52. The van der Waals surface area contributed by atoms with Crippen molar-refractivity contribution in [1.29, 1.82) is 0 Å². The van der Waals surface area contributed by atoms with E-state index in [9.17, 15) is 0 Å². The highest BCUT2D eigenvalue weighted by molar-refractivity contribution is 9.10. The summed E-state index contributed by atoms with van der Waals surface area (Å²) in [6, 6.07) is 5.82. The van der Waals surface area contributed by atoms with Crippen LogP contribution in [0.2, 0.25) is 5.02 Å². The first-order chi connectivity index (χ1) is 8.34. The summed E-state index contributed by atoms with van der Waals surface area (Å²) in [5.41, 5.74) is 4.40. The van der Waals surface area contributed by atoms with Gasteiger partial charge in [-0.2, -0.15) is 0 Å². The van der Waals surface area contributed by atoms with Crippen LogP contribution in [0.15, 0.2) is 22.7 Å². The van der Waals surface area contributed by atoms with Gasteiger partial charge in [0.2, 0.25) is 0 Å². The molecule has 2 rings (SSSR count). The Labute approximate surface area is 120 Å². The Balaban J connectivity index is 2.86. The molecule has 0 bridgehead atoms. The van der Waals surface area contributed by atoms with Crippen molar-refractivity contribution < 1.29 is 0 Å². The molecule has 3 N–H and O–H groups in total. The highest BCUT2D eigenvalue weighted by Gasteiger charge is 2.21. The first-order valence-electron chi connectivity index (χ1n) is 5.60. The Morgan fingerprint density at radius 2 is 2.00 bits per heavy atom. The molecule has 1 aromatic heterocycles. The molecule has 1 heterocycles. The summed E-state index contributed by atoms with van der Waals surface area (Å²) < 4.78 is 0.975. The second kappa shape index (κ2) is 4.68. The van der Waals surface area contributed by atoms with Crippen LogP contribution in [0.4, 0.5) is 5.82 Å². The maximum absolute atomic E-state index is 6.17. The Morgan fingerprint density at radius 3 is 2.56 bits per heavy atom. The summed E-state index contributed by atoms with van der Waals surface area (Å²) in [5.74, 6) is 6.22. The average Bonchev–Trinajstić information content (AvgIpc) is 2.31. The molecule has 0 unspecified atom stereocenters. The fraction of sp³-hybridized carbons (Fsp3) is 0.308. The molecule has 0 aliphatic heterocycles. The minimum atomic E-state index is -0.0509. The number of hydrogen-bond donors (Lipinski definition) is 2. The molecular weight excluding hydrogens is 314 g/mol. The van der Waals surface area contributed by atoms with Gasteiger partial charge in [-0.3, -0.25) is 0 Å². The molecule has 0 aliphatic rings. The summed E-state index contributed by atoms with van der Waals surface area (Å²) in [5, 5.41) is 1.61. The summed E-state index contributed by atoms with van der Waals surface area (Å²) in [4.78, 5) is 4.52. The molecule has 5 heteroatoms. The lowest BCUT2D eigenvalue weighted by Crippen LogP contribution is -2.19. The lowest BCUT2D eigenvalue weighted by atomic mass is 9.86. The number of halogens is 2. The second-order valence-electron chi connectivity index (χ2n) is 5.20. The number of fused-ring (bicyclic) bond motifs is 1. The molecule has 0 saturated carbocycles. The van der Waals surface area contributed by atoms with Crippen molar-refractivity contribution in [1.82, 2.24) is 4.98 Å². The van der Waals surface area contributed by atoms with Gasteiger partial charge in [-0.05, 0) is 23.6 Å². The highest BCUT2D eigenvalue weighted by atomic mass is 79.9. The first kappa shape index (κ1) is 13.6. The van der Waals surface area contributed by atoms with E-state index >= 15 is 0 Å². The number of nitrogens with zero attached hydrogens (tertiary/aromatic N) is 1. The van der Waals surface area contributed by atoms with E-state index in [0.717, 1.165) is 20.9 Å². The van der Waals surface area contributed by atoms with Crippen LogP contribution in [0.5, 0.6) is 0 Å². The zero-order chi connectivity index (χ0) is 13.5. The van der Waals surface area contributed by atoms with E-state index in [1.54, 1.807) is 0 Å². The summed E-state index contributed by atoms with van der Waals surface area (Å²) in [6.45, 7) is 6.36. The lowest BCUT2D eigenvalue weighted by Gasteiger charge is -2.22. The predicted molar refractivity (Wildman–Crippen MR) is 81.0 cm³/mol. The van der Waals surface area contributed by atoms with Crippen molar-refractivity contribution >= 4 is 44.3 Å². The summed E-state index contributed by atoms with van der Waals surface area (Å²) in [7, 11) is 0. The van der Waals surface area contributed by atoms with Crippen molar-refractivity contribution in [2.45, 2.75) is 26.2 Å². The Bertz CT molecular complexity index is 605. The van der Waals surface area contributed by atoms with Crippen LogP contribution in [-0.2, 0) is 5.41 Å².